The van der Waals surface area contributed by atoms with E-state index in [2.05, 4.69) is 11.9 Å². The molecule has 0 radical (unpaired) electrons. The average Bonchev–Trinajstić information content (AvgIpc) is 2.46. The molecule has 1 aromatic heterocycles. The predicted molar refractivity (Wildman–Crippen MR) is 76.1 cm³/mol. The lowest BCUT2D eigenvalue weighted by Crippen LogP contribution is -2.42. The van der Waals surface area contributed by atoms with Gasteiger partial charge >= 0.3 is 0 Å². The van der Waals surface area contributed by atoms with Crippen molar-refractivity contribution in [3.63, 3.8) is 0 Å². The number of likely N-dealkylation sites (tertiary alicyclic amines) is 1. The van der Waals surface area contributed by atoms with Crippen LogP contribution in [0.1, 0.15) is 36.5 Å². The van der Waals surface area contributed by atoms with Gasteiger partial charge in [0.15, 0.2) is 0 Å². The Morgan fingerprint density at radius 1 is 1.26 bits per heavy atom. The molecule has 1 amide bonds. The molecule has 19 heavy (non-hydrogen) atoms. The molecule has 1 unspecified atom stereocenters. The first-order chi connectivity index (χ1) is 9.27. The number of fused-ring (bicyclic) bond motifs is 1. The third-order valence-electron chi connectivity index (χ3n) is 3.93. The van der Waals surface area contributed by atoms with Crippen molar-refractivity contribution < 1.29 is 4.79 Å². The Morgan fingerprint density at radius 3 is 2.95 bits per heavy atom. The second-order valence-electron chi connectivity index (χ2n) is 5.22. The number of carbonyl (C=O) groups is 1. The monoisotopic (exact) mass is 254 g/mol. The summed E-state index contributed by atoms with van der Waals surface area (Å²) in [7, 11) is 0. The number of amides is 1. The van der Waals surface area contributed by atoms with Crippen molar-refractivity contribution in [1.29, 1.82) is 0 Å². The van der Waals surface area contributed by atoms with Crippen LogP contribution >= 0.6 is 0 Å². The number of carbonyl (C=O) groups excluding carboxylic acids is 1. The van der Waals surface area contributed by atoms with E-state index in [-0.39, 0.29) is 5.91 Å². The molecule has 3 nitrogen and oxygen atoms in total. The second kappa shape index (κ2) is 5.00. The smallest absolute Gasteiger partial charge is 0.256 e. The van der Waals surface area contributed by atoms with E-state index in [1.54, 1.807) is 6.20 Å². The normalized spacial score (nSPS) is 19.6. The van der Waals surface area contributed by atoms with Gasteiger partial charge in [0.05, 0.1) is 11.1 Å². The number of para-hydroxylation sites is 1. The van der Waals surface area contributed by atoms with E-state index >= 15 is 0 Å². The van der Waals surface area contributed by atoms with Gasteiger partial charge in [-0.25, -0.2) is 0 Å². The number of piperidine rings is 1. The Hall–Kier alpha value is -1.90. The Labute approximate surface area is 113 Å². The van der Waals surface area contributed by atoms with Crippen molar-refractivity contribution in [2.24, 2.45) is 0 Å². The van der Waals surface area contributed by atoms with Crippen molar-refractivity contribution in [1.82, 2.24) is 9.88 Å². The third kappa shape index (κ3) is 2.21. The van der Waals surface area contributed by atoms with Crippen LogP contribution in [0.4, 0.5) is 0 Å². The zero-order valence-electron chi connectivity index (χ0n) is 11.2. The first-order valence-corrected chi connectivity index (χ1v) is 6.92. The summed E-state index contributed by atoms with van der Waals surface area (Å²) in [5.41, 5.74) is 1.54. The molecule has 0 bridgehead atoms. The summed E-state index contributed by atoms with van der Waals surface area (Å²) < 4.78 is 0. The Bertz CT molecular complexity index is 603. The number of pyridine rings is 1. The molecule has 0 spiro atoms. The van der Waals surface area contributed by atoms with Crippen LogP contribution in [0.25, 0.3) is 10.9 Å². The van der Waals surface area contributed by atoms with Crippen LogP contribution in [-0.2, 0) is 0 Å². The fourth-order valence-electron chi connectivity index (χ4n) is 2.83. The summed E-state index contributed by atoms with van der Waals surface area (Å²) in [4.78, 5) is 19.1. The number of nitrogens with zero attached hydrogens (tertiary/aromatic N) is 2. The molecule has 0 aliphatic carbocycles. The van der Waals surface area contributed by atoms with Crippen LogP contribution in [0.2, 0.25) is 0 Å². The van der Waals surface area contributed by atoms with E-state index in [0.717, 1.165) is 35.9 Å². The van der Waals surface area contributed by atoms with Crippen LogP contribution in [0.3, 0.4) is 0 Å². The zero-order chi connectivity index (χ0) is 13.2. The molecule has 1 saturated heterocycles. The second-order valence-corrected chi connectivity index (χ2v) is 5.22. The molecule has 1 atom stereocenters. The van der Waals surface area contributed by atoms with Gasteiger partial charge in [0.1, 0.15) is 0 Å². The number of aromatic nitrogens is 1. The highest BCUT2D eigenvalue weighted by Gasteiger charge is 2.25. The van der Waals surface area contributed by atoms with Crippen molar-refractivity contribution >= 4 is 16.8 Å². The van der Waals surface area contributed by atoms with E-state index in [9.17, 15) is 4.79 Å². The summed E-state index contributed by atoms with van der Waals surface area (Å²) in [6, 6.07) is 10.1. The highest BCUT2D eigenvalue weighted by atomic mass is 16.2. The maximum absolute atomic E-state index is 12.7. The highest BCUT2D eigenvalue weighted by molar-refractivity contribution is 6.05. The Balaban J connectivity index is 2.01. The van der Waals surface area contributed by atoms with Gasteiger partial charge in [-0.15, -0.1) is 0 Å². The predicted octanol–water partition coefficient (Wildman–Crippen LogP) is 3.25. The third-order valence-corrected chi connectivity index (χ3v) is 3.93. The van der Waals surface area contributed by atoms with Gasteiger partial charge in [0.25, 0.3) is 5.91 Å². The minimum atomic E-state index is 0.122. The Kier molecular flexibility index (Phi) is 3.20. The summed E-state index contributed by atoms with van der Waals surface area (Å²) in [6.07, 6.45) is 5.18. The standard InChI is InChI=1S/C16H18N2O/c1-12-6-2-3-11-18(12)16(19)14-9-4-7-13-8-5-10-17-15(13)14/h4-5,7-10,12H,2-3,6,11H2,1H3. The van der Waals surface area contributed by atoms with Crippen molar-refractivity contribution in [3.8, 4) is 0 Å². The fourth-order valence-corrected chi connectivity index (χ4v) is 2.83. The summed E-state index contributed by atoms with van der Waals surface area (Å²) >= 11 is 0. The minimum Gasteiger partial charge on any atom is -0.336 e. The van der Waals surface area contributed by atoms with E-state index < -0.39 is 0 Å². The van der Waals surface area contributed by atoms with E-state index in [0.29, 0.717) is 6.04 Å². The molecule has 3 rings (SSSR count). The topological polar surface area (TPSA) is 33.2 Å². The highest BCUT2D eigenvalue weighted by Crippen LogP contribution is 2.22. The molecule has 1 aliphatic heterocycles. The lowest BCUT2D eigenvalue weighted by molar-refractivity contribution is 0.0637. The lowest BCUT2D eigenvalue weighted by atomic mass is 10.0. The van der Waals surface area contributed by atoms with Gasteiger partial charge in [-0.3, -0.25) is 9.78 Å². The molecule has 2 heterocycles. The van der Waals surface area contributed by atoms with E-state index in [4.69, 9.17) is 0 Å². The number of benzene rings is 1. The van der Waals surface area contributed by atoms with Crippen molar-refractivity contribution in [3.05, 3.63) is 42.1 Å². The molecular formula is C16H18N2O. The average molecular weight is 254 g/mol. The number of hydrogen-bond acceptors (Lipinski definition) is 2. The number of rotatable bonds is 1. The van der Waals surface area contributed by atoms with Crippen molar-refractivity contribution in [2.45, 2.75) is 32.2 Å². The molecule has 2 aromatic rings. The van der Waals surface area contributed by atoms with Gasteiger partial charge in [0.2, 0.25) is 0 Å². The number of hydrogen-bond donors (Lipinski definition) is 0. The van der Waals surface area contributed by atoms with Crippen LogP contribution in [-0.4, -0.2) is 28.4 Å². The lowest BCUT2D eigenvalue weighted by Gasteiger charge is -2.33. The van der Waals surface area contributed by atoms with Gasteiger partial charge in [0, 0.05) is 24.2 Å². The quantitative estimate of drug-likeness (QED) is 0.782. The molecule has 1 aromatic carbocycles. The molecule has 0 N–H and O–H groups in total. The first-order valence-electron chi connectivity index (χ1n) is 6.92. The Morgan fingerprint density at radius 2 is 2.11 bits per heavy atom. The molecule has 1 aliphatic rings. The molecule has 1 fully saturated rings. The molecule has 3 heteroatoms. The first kappa shape index (κ1) is 12.2. The van der Waals surface area contributed by atoms with E-state index in [1.165, 1.54) is 6.42 Å². The van der Waals surface area contributed by atoms with Gasteiger partial charge in [-0.1, -0.05) is 18.2 Å². The summed E-state index contributed by atoms with van der Waals surface area (Å²) in [5, 5.41) is 1.03. The van der Waals surface area contributed by atoms with Crippen LogP contribution in [0.15, 0.2) is 36.5 Å². The molecule has 98 valence electrons. The van der Waals surface area contributed by atoms with E-state index in [1.807, 2.05) is 35.2 Å². The largest absolute Gasteiger partial charge is 0.336 e. The van der Waals surface area contributed by atoms with Crippen LogP contribution in [0, 0.1) is 0 Å². The SMILES string of the molecule is CC1CCCCN1C(=O)c1cccc2cccnc12. The van der Waals surface area contributed by atoms with Crippen molar-refractivity contribution in [2.75, 3.05) is 6.54 Å². The fraction of sp³-hybridized carbons (Fsp3) is 0.375. The zero-order valence-corrected chi connectivity index (χ0v) is 11.2. The minimum absolute atomic E-state index is 0.122. The maximum atomic E-state index is 12.7. The van der Waals surface area contributed by atoms with Crippen LogP contribution in [0.5, 0.6) is 0 Å². The molecule has 0 saturated carbocycles. The van der Waals surface area contributed by atoms with Gasteiger partial charge in [-0.05, 0) is 38.3 Å². The maximum Gasteiger partial charge on any atom is 0.256 e. The van der Waals surface area contributed by atoms with Crippen LogP contribution < -0.4 is 0 Å². The summed E-state index contributed by atoms with van der Waals surface area (Å²) in [6.45, 7) is 3.00. The van der Waals surface area contributed by atoms with Gasteiger partial charge in [-0.2, -0.15) is 0 Å². The summed E-state index contributed by atoms with van der Waals surface area (Å²) in [5.74, 6) is 0.122. The molecular weight excluding hydrogens is 236 g/mol. The van der Waals surface area contributed by atoms with Gasteiger partial charge < -0.3 is 4.90 Å².